The lowest BCUT2D eigenvalue weighted by molar-refractivity contribution is 0.240. The normalized spacial score (nSPS) is 13.9. The fourth-order valence-corrected chi connectivity index (χ4v) is 3.79. The summed E-state index contributed by atoms with van der Waals surface area (Å²) < 4.78 is 2.04. The van der Waals surface area contributed by atoms with Crippen LogP contribution in [0.5, 0.6) is 0 Å². The molecule has 152 valence electrons. The quantitative estimate of drug-likeness (QED) is 0.582. The fourth-order valence-electron chi connectivity index (χ4n) is 3.79. The minimum atomic E-state index is -0.149. The monoisotopic (exact) mass is 391 g/mol. The van der Waals surface area contributed by atoms with Gasteiger partial charge in [-0.05, 0) is 69.7 Å². The molecule has 0 bridgehead atoms. The van der Waals surface area contributed by atoms with Crippen molar-refractivity contribution < 1.29 is 4.79 Å². The Morgan fingerprint density at radius 1 is 1.17 bits per heavy atom. The van der Waals surface area contributed by atoms with Crippen molar-refractivity contribution in [2.45, 2.75) is 59.5 Å². The van der Waals surface area contributed by atoms with E-state index >= 15 is 0 Å². The van der Waals surface area contributed by atoms with Crippen molar-refractivity contribution in [1.29, 1.82) is 0 Å². The Morgan fingerprint density at radius 2 is 1.90 bits per heavy atom. The lowest BCUT2D eigenvalue weighted by Crippen LogP contribution is -2.41. The topological polar surface area (TPSA) is 70.5 Å². The Hall–Kier alpha value is -3.02. The zero-order valence-corrected chi connectivity index (χ0v) is 17.6. The van der Waals surface area contributed by atoms with E-state index in [1.165, 1.54) is 23.1 Å². The number of hydrogen-bond acceptors (Lipinski definition) is 3. The molecule has 0 atom stereocenters. The van der Waals surface area contributed by atoms with Gasteiger partial charge in [-0.25, -0.2) is 9.78 Å². The van der Waals surface area contributed by atoms with Crippen molar-refractivity contribution in [2.24, 2.45) is 0 Å². The molecule has 2 aromatic heterocycles. The van der Waals surface area contributed by atoms with Gasteiger partial charge in [0.1, 0.15) is 0 Å². The van der Waals surface area contributed by atoms with Crippen molar-refractivity contribution in [3.8, 4) is 0 Å². The number of nitrogens with one attached hydrogen (secondary N) is 3. The van der Waals surface area contributed by atoms with Gasteiger partial charge in [0.25, 0.3) is 0 Å². The molecule has 6 heteroatoms. The summed E-state index contributed by atoms with van der Waals surface area (Å²) in [5.74, 6) is 0. The summed E-state index contributed by atoms with van der Waals surface area (Å²) in [5.41, 5.74) is 8.39. The molecule has 1 aromatic carbocycles. The van der Waals surface area contributed by atoms with E-state index in [0.717, 1.165) is 41.3 Å². The number of carbonyl (C=O) groups excluding carboxylic acids is 1. The summed E-state index contributed by atoms with van der Waals surface area (Å²) in [6.07, 6.45) is 5.26. The summed E-state index contributed by atoms with van der Waals surface area (Å²) in [6.45, 7) is 9.02. The molecule has 3 N–H and O–H groups in total. The maximum absolute atomic E-state index is 12.4. The molecular weight excluding hydrogens is 362 g/mol. The Bertz CT molecular complexity index is 1040. The number of nitrogens with zero attached hydrogens (tertiary/aromatic N) is 2. The van der Waals surface area contributed by atoms with Crippen LogP contribution < -0.4 is 16.0 Å². The van der Waals surface area contributed by atoms with Crippen LogP contribution in [0.15, 0.2) is 30.5 Å². The van der Waals surface area contributed by atoms with E-state index in [-0.39, 0.29) is 6.03 Å². The van der Waals surface area contributed by atoms with Crippen molar-refractivity contribution >= 4 is 23.1 Å². The minimum absolute atomic E-state index is 0.149. The molecule has 3 aromatic rings. The highest BCUT2D eigenvalue weighted by atomic mass is 16.2. The maximum atomic E-state index is 12.4. The highest BCUT2D eigenvalue weighted by Crippen LogP contribution is 2.26. The maximum Gasteiger partial charge on any atom is 0.319 e. The average molecular weight is 392 g/mol. The second-order valence-electron chi connectivity index (χ2n) is 8.07. The molecule has 1 fully saturated rings. The largest absolute Gasteiger partial charge is 0.378 e. The molecule has 0 unspecified atom stereocenters. The van der Waals surface area contributed by atoms with Crippen LogP contribution in [0.2, 0.25) is 0 Å². The van der Waals surface area contributed by atoms with Gasteiger partial charge in [0.2, 0.25) is 0 Å². The highest BCUT2D eigenvalue weighted by molar-refractivity contribution is 5.91. The van der Waals surface area contributed by atoms with Crippen LogP contribution >= 0.6 is 0 Å². The Balaban J connectivity index is 1.62. The van der Waals surface area contributed by atoms with E-state index in [1.54, 1.807) is 0 Å². The number of imidazole rings is 1. The molecule has 0 aliphatic heterocycles. The number of benzene rings is 1. The molecule has 2 amide bonds. The molecule has 0 saturated heterocycles. The minimum Gasteiger partial charge on any atom is -0.378 e. The first-order valence-electron chi connectivity index (χ1n) is 10.3. The van der Waals surface area contributed by atoms with E-state index in [9.17, 15) is 4.79 Å². The van der Waals surface area contributed by atoms with Crippen molar-refractivity contribution in [1.82, 2.24) is 14.7 Å². The number of amides is 2. The van der Waals surface area contributed by atoms with Crippen LogP contribution in [0.1, 0.15) is 47.3 Å². The van der Waals surface area contributed by atoms with Gasteiger partial charge in [0, 0.05) is 24.5 Å². The number of carbonyl (C=O) groups is 1. The average Bonchev–Trinajstić information content (AvgIpc) is 2.93. The van der Waals surface area contributed by atoms with Gasteiger partial charge in [-0.15, -0.1) is 0 Å². The summed E-state index contributed by atoms with van der Waals surface area (Å²) in [6, 6.07) is 8.47. The van der Waals surface area contributed by atoms with Crippen LogP contribution in [0.25, 0.3) is 5.65 Å². The van der Waals surface area contributed by atoms with Crippen LogP contribution in [0.4, 0.5) is 16.2 Å². The van der Waals surface area contributed by atoms with E-state index in [4.69, 9.17) is 4.98 Å². The predicted molar refractivity (Wildman–Crippen MR) is 118 cm³/mol. The van der Waals surface area contributed by atoms with Gasteiger partial charge in [-0.1, -0.05) is 18.2 Å². The summed E-state index contributed by atoms with van der Waals surface area (Å²) >= 11 is 0. The standard InChI is InChI=1S/C23H29N5O/c1-14-7-5-8-15(2)20(14)12-24-21-11-19(27-23(29)26-18-9-6-10-18)13-28-17(4)16(3)25-22(21)28/h5,7-8,11,13,18,24H,6,9-10,12H2,1-4H3,(H2,26,27,29). The third-order valence-electron chi connectivity index (χ3n) is 5.99. The third-order valence-corrected chi connectivity index (χ3v) is 5.99. The molecule has 29 heavy (non-hydrogen) atoms. The molecule has 1 aliphatic rings. The number of urea groups is 1. The SMILES string of the molecule is Cc1cccc(C)c1CNc1cc(NC(=O)NC2CCC2)cn2c(C)c(C)nc12. The zero-order valence-electron chi connectivity index (χ0n) is 17.6. The number of hydrogen-bond donors (Lipinski definition) is 3. The number of fused-ring (bicyclic) bond motifs is 1. The highest BCUT2D eigenvalue weighted by Gasteiger charge is 2.20. The number of anilines is 2. The van der Waals surface area contributed by atoms with E-state index < -0.39 is 0 Å². The molecule has 6 nitrogen and oxygen atoms in total. The fraction of sp³-hybridized carbons (Fsp3) is 0.391. The van der Waals surface area contributed by atoms with Gasteiger partial charge in [0.05, 0.1) is 17.1 Å². The van der Waals surface area contributed by atoms with Gasteiger partial charge >= 0.3 is 6.03 Å². The second kappa shape index (κ2) is 7.78. The zero-order chi connectivity index (χ0) is 20.5. The first-order valence-corrected chi connectivity index (χ1v) is 10.3. The second-order valence-corrected chi connectivity index (χ2v) is 8.07. The Labute approximate surface area is 171 Å². The van der Waals surface area contributed by atoms with E-state index in [0.29, 0.717) is 12.6 Å². The molecule has 2 heterocycles. The van der Waals surface area contributed by atoms with Crippen molar-refractivity contribution in [3.63, 3.8) is 0 Å². The Morgan fingerprint density at radius 3 is 2.55 bits per heavy atom. The van der Waals surface area contributed by atoms with Gasteiger partial charge < -0.3 is 20.4 Å². The molecule has 0 radical (unpaired) electrons. The van der Waals surface area contributed by atoms with Crippen LogP contribution in [0, 0.1) is 27.7 Å². The third kappa shape index (κ3) is 3.92. The van der Waals surface area contributed by atoms with Gasteiger partial charge in [-0.2, -0.15) is 0 Å². The number of pyridine rings is 1. The van der Waals surface area contributed by atoms with Crippen molar-refractivity contribution in [3.05, 3.63) is 58.5 Å². The number of aromatic nitrogens is 2. The van der Waals surface area contributed by atoms with Gasteiger partial charge in [-0.3, -0.25) is 0 Å². The molecule has 0 spiro atoms. The van der Waals surface area contributed by atoms with E-state index in [2.05, 4.69) is 48.0 Å². The van der Waals surface area contributed by atoms with E-state index in [1.807, 2.05) is 30.5 Å². The summed E-state index contributed by atoms with van der Waals surface area (Å²) in [7, 11) is 0. The van der Waals surface area contributed by atoms with Gasteiger partial charge in [0.15, 0.2) is 5.65 Å². The predicted octanol–water partition coefficient (Wildman–Crippen LogP) is 4.85. The lowest BCUT2D eigenvalue weighted by Gasteiger charge is -2.26. The molecule has 1 aliphatic carbocycles. The first kappa shape index (κ1) is 19.3. The van der Waals surface area contributed by atoms with Crippen LogP contribution in [-0.4, -0.2) is 21.5 Å². The first-order chi connectivity index (χ1) is 13.9. The van der Waals surface area contributed by atoms with Crippen LogP contribution in [-0.2, 0) is 6.54 Å². The summed E-state index contributed by atoms with van der Waals surface area (Å²) in [4.78, 5) is 17.1. The summed E-state index contributed by atoms with van der Waals surface area (Å²) in [5, 5.41) is 9.57. The van der Waals surface area contributed by atoms with Crippen LogP contribution in [0.3, 0.4) is 0 Å². The molecule has 1 saturated carbocycles. The number of aryl methyl sites for hydroxylation is 4. The van der Waals surface area contributed by atoms with Crippen molar-refractivity contribution in [2.75, 3.05) is 10.6 Å². The lowest BCUT2D eigenvalue weighted by atomic mass is 9.93. The Kier molecular flexibility index (Phi) is 5.18. The molecular formula is C23H29N5O. The molecule has 4 rings (SSSR count). The number of rotatable bonds is 5. The smallest absolute Gasteiger partial charge is 0.319 e.